The Morgan fingerprint density at radius 3 is 2.65 bits per heavy atom. The topological polar surface area (TPSA) is 41.5 Å². The summed E-state index contributed by atoms with van der Waals surface area (Å²) in [5.74, 6) is 0.712. The predicted molar refractivity (Wildman–Crippen MR) is 70.6 cm³/mol. The van der Waals surface area contributed by atoms with E-state index in [9.17, 15) is 5.11 Å². The molecule has 96 valence electrons. The molecule has 2 N–H and O–H groups in total. The van der Waals surface area contributed by atoms with Gasteiger partial charge < -0.3 is 15.2 Å². The third kappa shape index (κ3) is 3.93. The summed E-state index contributed by atoms with van der Waals surface area (Å²) < 4.78 is 5.11. The Morgan fingerprint density at radius 1 is 1.35 bits per heavy atom. The number of ether oxygens (including phenoxy) is 1. The van der Waals surface area contributed by atoms with Crippen molar-refractivity contribution in [2.75, 3.05) is 7.11 Å². The fourth-order valence-electron chi connectivity index (χ4n) is 2.00. The molecule has 0 aliphatic heterocycles. The number of hydrogen-bond donors (Lipinski definition) is 2. The average molecular weight is 237 g/mol. The Balaban J connectivity index is 2.71. The van der Waals surface area contributed by atoms with Crippen molar-refractivity contribution in [3.63, 3.8) is 0 Å². The number of benzene rings is 1. The van der Waals surface area contributed by atoms with Gasteiger partial charge in [-0.3, -0.25) is 0 Å². The van der Waals surface area contributed by atoms with Crippen molar-refractivity contribution in [2.45, 2.75) is 45.7 Å². The number of rotatable bonds is 6. The number of phenols is 1. The van der Waals surface area contributed by atoms with Crippen molar-refractivity contribution in [1.82, 2.24) is 5.32 Å². The van der Waals surface area contributed by atoms with Crippen LogP contribution in [-0.4, -0.2) is 18.3 Å². The van der Waals surface area contributed by atoms with E-state index in [1.165, 1.54) is 12.8 Å². The first-order valence-corrected chi connectivity index (χ1v) is 6.21. The maximum absolute atomic E-state index is 9.54. The van der Waals surface area contributed by atoms with E-state index in [2.05, 4.69) is 26.1 Å². The van der Waals surface area contributed by atoms with Crippen LogP contribution in [0.5, 0.6) is 11.5 Å². The second kappa shape index (κ2) is 6.50. The Bertz CT molecular complexity index is 352. The SMILES string of the molecule is CCCC(C)NC(C)c1ccc(O)c(OC)c1. The zero-order valence-electron chi connectivity index (χ0n) is 11.2. The van der Waals surface area contributed by atoms with Gasteiger partial charge in [-0.2, -0.15) is 0 Å². The van der Waals surface area contributed by atoms with Gasteiger partial charge in [-0.05, 0) is 38.0 Å². The average Bonchev–Trinajstić information content (AvgIpc) is 2.29. The minimum absolute atomic E-state index is 0.185. The fraction of sp³-hybridized carbons (Fsp3) is 0.571. The Labute approximate surface area is 104 Å². The molecule has 3 nitrogen and oxygen atoms in total. The highest BCUT2D eigenvalue weighted by molar-refractivity contribution is 5.42. The minimum atomic E-state index is 0.185. The van der Waals surface area contributed by atoms with Gasteiger partial charge in [-0.1, -0.05) is 19.4 Å². The highest BCUT2D eigenvalue weighted by Gasteiger charge is 2.11. The molecule has 1 rings (SSSR count). The second-order valence-corrected chi connectivity index (χ2v) is 4.51. The fourth-order valence-corrected chi connectivity index (χ4v) is 2.00. The molecule has 0 aromatic heterocycles. The van der Waals surface area contributed by atoms with Crippen LogP contribution in [0, 0.1) is 0 Å². The van der Waals surface area contributed by atoms with Crippen LogP contribution in [-0.2, 0) is 0 Å². The van der Waals surface area contributed by atoms with Gasteiger partial charge >= 0.3 is 0 Å². The molecular weight excluding hydrogens is 214 g/mol. The molecule has 0 spiro atoms. The largest absolute Gasteiger partial charge is 0.504 e. The summed E-state index contributed by atoms with van der Waals surface area (Å²) in [4.78, 5) is 0. The van der Waals surface area contributed by atoms with Gasteiger partial charge in [0.1, 0.15) is 0 Å². The number of methoxy groups -OCH3 is 1. The molecule has 17 heavy (non-hydrogen) atoms. The first kappa shape index (κ1) is 13.8. The van der Waals surface area contributed by atoms with Crippen molar-refractivity contribution in [1.29, 1.82) is 0 Å². The van der Waals surface area contributed by atoms with E-state index < -0.39 is 0 Å². The summed E-state index contributed by atoms with van der Waals surface area (Å²) in [6.07, 6.45) is 2.35. The van der Waals surface area contributed by atoms with E-state index in [-0.39, 0.29) is 11.8 Å². The molecule has 0 heterocycles. The third-order valence-electron chi connectivity index (χ3n) is 2.96. The van der Waals surface area contributed by atoms with Crippen LogP contribution < -0.4 is 10.1 Å². The van der Waals surface area contributed by atoms with Gasteiger partial charge in [0.15, 0.2) is 11.5 Å². The molecule has 0 amide bonds. The van der Waals surface area contributed by atoms with Crippen molar-refractivity contribution in [3.8, 4) is 11.5 Å². The monoisotopic (exact) mass is 237 g/mol. The smallest absolute Gasteiger partial charge is 0.160 e. The summed E-state index contributed by atoms with van der Waals surface area (Å²) in [5, 5.41) is 13.1. The molecule has 2 unspecified atom stereocenters. The van der Waals surface area contributed by atoms with Crippen LogP contribution in [0.4, 0.5) is 0 Å². The maximum atomic E-state index is 9.54. The van der Waals surface area contributed by atoms with Crippen LogP contribution in [0.2, 0.25) is 0 Å². The molecule has 3 heteroatoms. The van der Waals surface area contributed by atoms with Gasteiger partial charge in [0.25, 0.3) is 0 Å². The Morgan fingerprint density at radius 2 is 2.06 bits per heavy atom. The van der Waals surface area contributed by atoms with Crippen molar-refractivity contribution >= 4 is 0 Å². The normalized spacial score (nSPS) is 14.4. The van der Waals surface area contributed by atoms with Crippen molar-refractivity contribution < 1.29 is 9.84 Å². The van der Waals surface area contributed by atoms with Crippen molar-refractivity contribution in [2.24, 2.45) is 0 Å². The van der Waals surface area contributed by atoms with E-state index in [1.54, 1.807) is 13.2 Å². The summed E-state index contributed by atoms with van der Waals surface area (Å²) in [7, 11) is 1.57. The molecule has 0 aliphatic carbocycles. The molecule has 0 fully saturated rings. The third-order valence-corrected chi connectivity index (χ3v) is 2.96. The molecule has 0 radical (unpaired) electrons. The van der Waals surface area contributed by atoms with E-state index in [4.69, 9.17) is 4.74 Å². The number of hydrogen-bond acceptors (Lipinski definition) is 3. The molecule has 0 saturated heterocycles. The Hall–Kier alpha value is -1.22. The summed E-state index contributed by atoms with van der Waals surface area (Å²) in [6.45, 7) is 6.50. The van der Waals surface area contributed by atoms with E-state index >= 15 is 0 Å². The van der Waals surface area contributed by atoms with Gasteiger partial charge in [0, 0.05) is 12.1 Å². The first-order valence-electron chi connectivity index (χ1n) is 6.21. The standard InChI is InChI=1S/C14H23NO2/c1-5-6-10(2)15-11(3)12-7-8-13(16)14(9-12)17-4/h7-11,15-16H,5-6H2,1-4H3. The number of nitrogens with one attached hydrogen (secondary N) is 1. The molecule has 0 saturated carbocycles. The number of phenolic OH excluding ortho intramolecular Hbond substituents is 1. The number of aromatic hydroxyl groups is 1. The first-order chi connectivity index (χ1) is 8.08. The zero-order valence-corrected chi connectivity index (χ0v) is 11.2. The predicted octanol–water partition coefficient (Wildman–Crippen LogP) is 3.24. The van der Waals surface area contributed by atoms with Crippen LogP contribution in [0.3, 0.4) is 0 Å². The van der Waals surface area contributed by atoms with Crippen LogP contribution in [0.15, 0.2) is 18.2 Å². The van der Waals surface area contributed by atoms with Gasteiger partial charge in [0.05, 0.1) is 7.11 Å². The molecule has 1 aromatic rings. The van der Waals surface area contributed by atoms with E-state index in [0.29, 0.717) is 11.8 Å². The summed E-state index contributed by atoms with van der Waals surface area (Å²) >= 11 is 0. The molecule has 0 bridgehead atoms. The summed E-state index contributed by atoms with van der Waals surface area (Å²) in [6, 6.07) is 6.23. The van der Waals surface area contributed by atoms with Gasteiger partial charge in [0.2, 0.25) is 0 Å². The lowest BCUT2D eigenvalue weighted by atomic mass is 10.1. The quantitative estimate of drug-likeness (QED) is 0.798. The van der Waals surface area contributed by atoms with Crippen molar-refractivity contribution in [3.05, 3.63) is 23.8 Å². The molecular formula is C14H23NO2. The van der Waals surface area contributed by atoms with Gasteiger partial charge in [-0.15, -0.1) is 0 Å². The molecule has 1 aromatic carbocycles. The lowest BCUT2D eigenvalue weighted by molar-refractivity contribution is 0.371. The lowest BCUT2D eigenvalue weighted by Gasteiger charge is -2.20. The second-order valence-electron chi connectivity index (χ2n) is 4.51. The molecule has 2 atom stereocenters. The Kier molecular flexibility index (Phi) is 5.29. The maximum Gasteiger partial charge on any atom is 0.160 e. The zero-order chi connectivity index (χ0) is 12.8. The van der Waals surface area contributed by atoms with E-state index in [0.717, 1.165) is 5.56 Å². The highest BCUT2D eigenvalue weighted by atomic mass is 16.5. The van der Waals surface area contributed by atoms with Crippen LogP contribution in [0.25, 0.3) is 0 Å². The lowest BCUT2D eigenvalue weighted by Crippen LogP contribution is -2.28. The minimum Gasteiger partial charge on any atom is -0.504 e. The highest BCUT2D eigenvalue weighted by Crippen LogP contribution is 2.28. The van der Waals surface area contributed by atoms with E-state index in [1.807, 2.05) is 12.1 Å². The van der Waals surface area contributed by atoms with Gasteiger partial charge in [-0.25, -0.2) is 0 Å². The van der Waals surface area contributed by atoms with Crippen LogP contribution in [0.1, 0.15) is 45.2 Å². The summed E-state index contributed by atoms with van der Waals surface area (Å²) in [5.41, 5.74) is 1.13. The molecule has 0 aliphatic rings. The van der Waals surface area contributed by atoms with Crippen LogP contribution >= 0.6 is 0 Å².